The van der Waals surface area contributed by atoms with E-state index in [0.717, 1.165) is 6.07 Å². The molecule has 6 heteroatoms. The number of fused-ring (bicyclic) bond motifs is 3. The van der Waals surface area contributed by atoms with Gasteiger partial charge in [-0.1, -0.05) is 48.5 Å². The number of carbonyl (C=O) groups excluding carboxylic acids is 1. The molecule has 0 aliphatic carbocycles. The first-order valence-corrected chi connectivity index (χ1v) is 7.78. The fourth-order valence-corrected chi connectivity index (χ4v) is 3.25. The summed E-state index contributed by atoms with van der Waals surface area (Å²) in [5.41, 5.74) is -1.05. The number of alkyl halides is 3. The van der Waals surface area contributed by atoms with E-state index in [1.165, 1.54) is 36.4 Å². The summed E-state index contributed by atoms with van der Waals surface area (Å²) in [5, 5.41) is 0.487. The Labute approximate surface area is 145 Å². The zero-order valence-corrected chi connectivity index (χ0v) is 13.2. The van der Waals surface area contributed by atoms with Gasteiger partial charge in [-0.05, 0) is 18.2 Å². The molecule has 0 radical (unpaired) electrons. The molecule has 4 aromatic rings. The fraction of sp³-hybridized carbons (Fsp3) is 0.0500. The summed E-state index contributed by atoms with van der Waals surface area (Å²) in [7, 11) is 0. The molecule has 4 rings (SSSR count). The number of halogens is 4. The largest absolute Gasteiger partial charge is 0.489 e. The van der Waals surface area contributed by atoms with Gasteiger partial charge in [0.05, 0.1) is 16.6 Å². The molecule has 2 nitrogen and oxygen atoms in total. The fourth-order valence-electron chi connectivity index (χ4n) is 3.25. The van der Waals surface area contributed by atoms with Crippen molar-refractivity contribution in [1.82, 2.24) is 4.57 Å². The third-order valence-electron chi connectivity index (χ3n) is 4.30. The Kier molecular flexibility index (Phi) is 3.57. The van der Waals surface area contributed by atoms with E-state index in [-0.39, 0.29) is 21.0 Å². The molecule has 0 saturated carbocycles. The summed E-state index contributed by atoms with van der Waals surface area (Å²) < 4.78 is 56.0. The Bertz CT molecular complexity index is 1140. The molecule has 0 saturated heterocycles. The molecule has 0 bridgehead atoms. The molecule has 1 heterocycles. The van der Waals surface area contributed by atoms with Gasteiger partial charge in [-0.15, -0.1) is 13.2 Å². The molecular weight excluding hydrogens is 346 g/mol. The molecule has 0 aliphatic rings. The molecule has 1 aromatic heterocycles. The van der Waals surface area contributed by atoms with E-state index in [1.807, 2.05) is 0 Å². The van der Waals surface area contributed by atoms with Gasteiger partial charge in [0.15, 0.2) is 5.78 Å². The number of aromatic nitrogens is 1. The van der Waals surface area contributed by atoms with Crippen molar-refractivity contribution in [1.29, 1.82) is 0 Å². The molecule has 0 aliphatic heterocycles. The van der Waals surface area contributed by atoms with Crippen LogP contribution in [0.5, 0.6) is 0 Å². The normalized spacial score (nSPS) is 12.0. The molecule has 0 atom stereocenters. The van der Waals surface area contributed by atoms with Crippen LogP contribution in [0, 0.1) is 5.82 Å². The summed E-state index contributed by atoms with van der Waals surface area (Å²) in [6.45, 7) is 0. The van der Waals surface area contributed by atoms with E-state index in [4.69, 9.17) is 0 Å². The van der Waals surface area contributed by atoms with Crippen molar-refractivity contribution < 1.29 is 22.4 Å². The minimum atomic E-state index is -4.80. The Hall–Kier alpha value is -3.15. The molecule has 0 fully saturated rings. The van der Waals surface area contributed by atoms with Crippen molar-refractivity contribution in [2.75, 3.05) is 0 Å². The van der Waals surface area contributed by atoms with E-state index in [2.05, 4.69) is 0 Å². The molecule has 3 aromatic carbocycles. The van der Waals surface area contributed by atoms with Crippen molar-refractivity contribution in [2.45, 2.75) is 6.30 Å². The number of benzene rings is 3. The lowest BCUT2D eigenvalue weighted by Gasteiger charge is -2.14. The number of nitrogens with zero attached hydrogens (tertiary/aromatic N) is 1. The van der Waals surface area contributed by atoms with Crippen molar-refractivity contribution >= 4 is 27.6 Å². The van der Waals surface area contributed by atoms with Gasteiger partial charge in [-0.3, -0.25) is 9.36 Å². The highest BCUT2D eigenvalue weighted by atomic mass is 19.4. The first-order valence-electron chi connectivity index (χ1n) is 7.78. The average Bonchev–Trinajstić information content (AvgIpc) is 2.96. The second-order valence-corrected chi connectivity index (χ2v) is 5.83. The SMILES string of the molecule is O=C(c1ccccc1)c1c(F)ccc2c3ccccc3n(C(F)(F)F)c12. The second kappa shape index (κ2) is 5.69. The number of rotatable bonds is 2. The van der Waals surface area contributed by atoms with Gasteiger partial charge in [0.1, 0.15) is 5.82 Å². The smallest absolute Gasteiger partial charge is 0.288 e. The van der Waals surface area contributed by atoms with E-state index in [9.17, 15) is 22.4 Å². The minimum Gasteiger partial charge on any atom is -0.288 e. The Morgan fingerprint density at radius 2 is 1.46 bits per heavy atom. The van der Waals surface area contributed by atoms with Crippen LogP contribution in [0.3, 0.4) is 0 Å². The lowest BCUT2D eigenvalue weighted by atomic mass is 10.00. The number of carbonyl (C=O) groups is 1. The molecule has 0 N–H and O–H groups in total. The summed E-state index contributed by atoms with van der Waals surface area (Å²) >= 11 is 0. The summed E-state index contributed by atoms with van der Waals surface area (Å²) in [6.07, 6.45) is -4.80. The van der Waals surface area contributed by atoms with Crippen molar-refractivity contribution in [2.24, 2.45) is 0 Å². The van der Waals surface area contributed by atoms with Crippen LogP contribution in [0.4, 0.5) is 17.6 Å². The van der Waals surface area contributed by atoms with Gasteiger partial charge in [-0.2, -0.15) is 0 Å². The highest BCUT2D eigenvalue weighted by Gasteiger charge is 2.36. The van der Waals surface area contributed by atoms with Gasteiger partial charge in [0, 0.05) is 16.3 Å². The minimum absolute atomic E-state index is 0.0803. The predicted molar refractivity (Wildman–Crippen MR) is 90.6 cm³/mol. The van der Waals surface area contributed by atoms with Crippen LogP contribution in [0.15, 0.2) is 66.7 Å². The van der Waals surface area contributed by atoms with Crippen LogP contribution in [-0.4, -0.2) is 10.4 Å². The van der Waals surface area contributed by atoms with Gasteiger partial charge in [-0.25, -0.2) is 4.39 Å². The molecule has 26 heavy (non-hydrogen) atoms. The zero-order chi connectivity index (χ0) is 18.5. The van der Waals surface area contributed by atoms with Crippen molar-refractivity contribution in [3.05, 3.63) is 83.7 Å². The maximum Gasteiger partial charge on any atom is 0.489 e. The van der Waals surface area contributed by atoms with E-state index in [0.29, 0.717) is 5.39 Å². The lowest BCUT2D eigenvalue weighted by Crippen LogP contribution is -2.18. The Morgan fingerprint density at radius 3 is 2.15 bits per heavy atom. The highest BCUT2D eigenvalue weighted by Crippen LogP contribution is 2.39. The third-order valence-corrected chi connectivity index (χ3v) is 4.30. The van der Waals surface area contributed by atoms with Crippen LogP contribution in [0.2, 0.25) is 0 Å². The lowest BCUT2D eigenvalue weighted by molar-refractivity contribution is -0.197. The number of hydrogen-bond donors (Lipinski definition) is 0. The van der Waals surface area contributed by atoms with Gasteiger partial charge >= 0.3 is 6.30 Å². The summed E-state index contributed by atoms with van der Waals surface area (Å²) in [4.78, 5) is 12.8. The molecule has 0 spiro atoms. The van der Waals surface area contributed by atoms with Crippen LogP contribution in [0.1, 0.15) is 15.9 Å². The number of ketones is 1. The molecular formula is C20H11F4NO. The standard InChI is InChI=1S/C20H11F4NO/c21-15-11-10-14-13-8-4-5-9-16(13)25(20(22,23)24)18(14)17(15)19(26)12-6-2-1-3-7-12/h1-11H. The number of para-hydroxylation sites is 1. The van der Waals surface area contributed by atoms with E-state index < -0.39 is 29.0 Å². The predicted octanol–water partition coefficient (Wildman–Crippen LogP) is 5.64. The number of hydrogen-bond acceptors (Lipinski definition) is 1. The quantitative estimate of drug-likeness (QED) is 0.336. The topological polar surface area (TPSA) is 22.0 Å². The first-order chi connectivity index (χ1) is 12.4. The highest BCUT2D eigenvalue weighted by molar-refractivity contribution is 6.20. The maximum atomic E-state index is 14.6. The third kappa shape index (κ3) is 2.37. The second-order valence-electron chi connectivity index (χ2n) is 5.83. The zero-order valence-electron chi connectivity index (χ0n) is 13.2. The van der Waals surface area contributed by atoms with Crippen LogP contribution in [-0.2, 0) is 6.30 Å². The summed E-state index contributed by atoms with van der Waals surface area (Å²) in [6, 6.07) is 15.9. The molecule has 0 unspecified atom stereocenters. The van der Waals surface area contributed by atoms with Crippen molar-refractivity contribution in [3.63, 3.8) is 0 Å². The average molecular weight is 357 g/mol. The van der Waals surface area contributed by atoms with E-state index >= 15 is 0 Å². The monoisotopic (exact) mass is 357 g/mol. The van der Waals surface area contributed by atoms with Gasteiger partial charge in [0.2, 0.25) is 0 Å². The maximum absolute atomic E-state index is 14.6. The first kappa shape index (κ1) is 16.3. The van der Waals surface area contributed by atoms with Crippen molar-refractivity contribution in [3.8, 4) is 0 Å². The van der Waals surface area contributed by atoms with E-state index in [1.54, 1.807) is 24.3 Å². The van der Waals surface area contributed by atoms with Crippen LogP contribution >= 0.6 is 0 Å². The van der Waals surface area contributed by atoms with Crippen LogP contribution < -0.4 is 0 Å². The Balaban J connectivity index is 2.17. The van der Waals surface area contributed by atoms with Crippen LogP contribution in [0.25, 0.3) is 21.8 Å². The molecule has 0 amide bonds. The molecule has 130 valence electrons. The van der Waals surface area contributed by atoms with Gasteiger partial charge in [0.25, 0.3) is 0 Å². The van der Waals surface area contributed by atoms with Gasteiger partial charge < -0.3 is 0 Å². The Morgan fingerprint density at radius 1 is 0.808 bits per heavy atom. The summed E-state index contributed by atoms with van der Waals surface area (Å²) in [5.74, 6) is -1.78.